The maximum Gasteiger partial charge on any atom is 0.332 e. The van der Waals surface area contributed by atoms with Crippen LogP contribution in [0, 0.1) is 18.8 Å². The molecule has 0 bridgehead atoms. The third-order valence-corrected chi connectivity index (χ3v) is 6.81. The number of nitrogens with one attached hydrogen (secondary N) is 1. The zero-order valence-corrected chi connectivity index (χ0v) is 16.1. The Kier molecular flexibility index (Phi) is 4.77. The Bertz CT molecular complexity index is 941. The largest absolute Gasteiger partial charge is 0.381 e. The first kappa shape index (κ1) is 17.9. The molecule has 1 aliphatic heterocycles. The molecule has 1 saturated heterocycles. The molecule has 8 heteroatoms. The summed E-state index contributed by atoms with van der Waals surface area (Å²) in [7, 11) is 0. The number of hydrogen-bond donors (Lipinski definition) is 2. The summed E-state index contributed by atoms with van der Waals surface area (Å²) in [5.41, 5.74) is 6.25. The first-order valence-corrected chi connectivity index (χ1v) is 10.1. The number of nitrogens with zero attached hydrogens (tertiary/aromatic N) is 2. The molecule has 1 saturated carbocycles. The van der Waals surface area contributed by atoms with E-state index in [1.165, 1.54) is 4.57 Å². The van der Waals surface area contributed by atoms with Crippen molar-refractivity contribution in [1.82, 2.24) is 14.5 Å². The number of rotatable bonds is 7. The van der Waals surface area contributed by atoms with E-state index in [1.54, 1.807) is 11.3 Å². The Morgan fingerprint density at radius 3 is 2.65 bits per heavy atom. The summed E-state index contributed by atoms with van der Waals surface area (Å²) >= 11 is 1.55. The van der Waals surface area contributed by atoms with Gasteiger partial charge >= 0.3 is 5.69 Å². The average molecular weight is 378 g/mol. The zero-order chi connectivity index (χ0) is 18.4. The minimum absolute atomic E-state index is 0.0430. The van der Waals surface area contributed by atoms with Gasteiger partial charge in [-0.25, -0.2) is 4.79 Å². The van der Waals surface area contributed by atoms with E-state index in [4.69, 9.17) is 10.5 Å². The molecule has 1 aliphatic carbocycles. The number of fused-ring (bicyclic) bond motifs is 1. The molecule has 3 N–H and O–H groups in total. The molecule has 4 rings (SSSR count). The number of nitrogens with two attached hydrogens (primary N) is 1. The van der Waals surface area contributed by atoms with Crippen molar-refractivity contribution in [3.8, 4) is 0 Å². The van der Waals surface area contributed by atoms with Crippen LogP contribution in [0.5, 0.6) is 0 Å². The summed E-state index contributed by atoms with van der Waals surface area (Å²) in [6.45, 7) is 8.03. The van der Waals surface area contributed by atoms with E-state index in [0.717, 1.165) is 28.2 Å². The van der Waals surface area contributed by atoms with Crippen LogP contribution >= 0.6 is 11.3 Å². The molecule has 26 heavy (non-hydrogen) atoms. The molecule has 142 valence electrons. The molecule has 0 radical (unpaired) electrons. The van der Waals surface area contributed by atoms with Crippen LogP contribution in [0.25, 0.3) is 10.2 Å². The Balaban J connectivity index is 1.86. The fourth-order valence-electron chi connectivity index (χ4n) is 3.65. The molecule has 0 spiro atoms. The second kappa shape index (κ2) is 6.92. The van der Waals surface area contributed by atoms with Gasteiger partial charge in [0.1, 0.15) is 4.83 Å². The lowest BCUT2D eigenvalue weighted by atomic mass is 10.1. The maximum atomic E-state index is 13.2. The predicted molar refractivity (Wildman–Crippen MR) is 103 cm³/mol. The molecule has 2 aromatic rings. The van der Waals surface area contributed by atoms with Crippen molar-refractivity contribution >= 4 is 21.6 Å². The highest BCUT2D eigenvalue weighted by Gasteiger charge is 2.38. The van der Waals surface area contributed by atoms with Gasteiger partial charge in [-0.3, -0.25) is 13.9 Å². The van der Waals surface area contributed by atoms with Crippen molar-refractivity contribution in [2.45, 2.75) is 39.4 Å². The summed E-state index contributed by atoms with van der Waals surface area (Å²) < 4.78 is 8.60. The van der Waals surface area contributed by atoms with E-state index in [0.29, 0.717) is 50.1 Å². The third-order valence-electron chi connectivity index (χ3n) is 5.49. The van der Waals surface area contributed by atoms with Gasteiger partial charge in [-0.2, -0.15) is 0 Å². The van der Waals surface area contributed by atoms with Gasteiger partial charge in [0.25, 0.3) is 5.56 Å². The molecule has 0 aromatic carbocycles. The fraction of sp³-hybridized carbons (Fsp3) is 0.667. The van der Waals surface area contributed by atoms with Crippen LogP contribution in [0.3, 0.4) is 0 Å². The highest BCUT2D eigenvalue weighted by Crippen LogP contribution is 2.41. The van der Waals surface area contributed by atoms with Crippen molar-refractivity contribution in [3.63, 3.8) is 0 Å². The lowest BCUT2D eigenvalue weighted by Crippen LogP contribution is -2.43. The van der Waals surface area contributed by atoms with E-state index >= 15 is 0 Å². The Morgan fingerprint density at radius 1 is 1.35 bits per heavy atom. The Labute approximate surface area is 155 Å². The van der Waals surface area contributed by atoms with Gasteiger partial charge in [-0.1, -0.05) is 6.92 Å². The van der Waals surface area contributed by atoms with E-state index < -0.39 is 0 Å². The zero-order valence-electron chi connectivity index (χ0n) is 15.3. The van der Waals surface area contributed by atoms with E-state index in [2.05, 4.69) is 12.2 Å². The molecule has 0 unspecified atom stereocenters. The molecule has 0 amide bonds. The smallest absolute Gasteiger partial charge is 0.332 e. The van der Waals surface area contributed by atoms with E-state index in [-0.39, 0.29) is 17.3 Å². The van der Waals surface area contributed by atoms with Crippen LogP contribution in [-0.2, 0) is 17.8 Å². The van der Waals surface area contributed by atoms with Gasteiger partial charge in [0.2, 0.25) is 0 Å². The van der Waals surface area contributed by atoms with Crippen molar-refractivity contribution in [2.75, 3.05) is 26.3 Å². The van der Waals surface area contributed by atoms with Crippen LogP contribution in [0.2, 0.25) is 0 Å². The standard InChI is InChI=1S/C18H26N4O3S/c1-10-5-13(10)22-16(23)15-11(2)14(6-20-4-3-19)26-17(15)21(18(22)24)7-12-8-25-9-12/h10,12-13,20H,3-9,19H2,1-2H3/t10-,13-/m0/s1. The summed E-state index contributed by atoms with van der Waals surface area (Å²) in [6.07, 6.45) is 0.904. The van der Waals surface area contributed by atoms with Crippen molar-refractivity contribution in [2.24, 2.45) is 17.6 Å². The van der Waals surface area contributed by atoms with Crippen molar-refractivity contribution in [1.29, 1.82) is 0 Å². The summed E-state index contributed by atoms with van der Waals surface area (Å²) in [5, 5.41) is 4.00. The molecule has 2 atom stereocenters. The fourth-order valence-corrected chi connectivity index (χ4v) is 4.91. The quantitative estimate of drug-likeness (QED) is 0.696. The lowest BCUT2D eigenvalue weighted by Gasteiger charge is -2.27. The SMILES string of the molecule is Cc1c(CNCCN)sc2c1c(=O)n([C@H]1C[C@@H]1C)c(=O)n2CC1COC1. The predicted octanol–water partition coefficient (Wildman–Crippen LogP) is 0.809. The van der Waals surface area contributed by atoms with Crippen LogP contribution in [0.4, 0.5) is 0 Å². The van der Waals surface area contributed by atoms with Crippen LogP contribution in [0.15, 0.2) is 9.59 Å². The molecular formula is C18H26N4O3S. The maximum absolute atomic E-state index is 13.2. The van der Waals surface area contributed by atoms with Crippen LogP contribution in [-0.4, -0.2) is 35.4 Å². The van der Waals surface area contributed by atoms with Gasteiger partial charge in [-0.15, -0.1) is 11.3 Å². The third kappa shape index (κ3) is 2.94. The highest BCUT2D eigenvalue weighted by atomic mass is 32.1. The number of hydrogen-bond acceptors (Lipinski definition) is 6. The van der Waals surface area contributed by atoms with Crippen molar-refractivity contribution in [3.05, 3.63) is 31.3 Å². The Hall–Kier alpha value is -1.48. The monoisotopic (exact) mass is 378 g/mol. The molecule has 2 fully saturated rings. The van der Waals surface area contributed by atoms with Crippen LogP contribution < -0.4 is 22.3 Å². The van der Waals surface area contributed by atoms with Gasteiger partial charge in [0, 0.05) is 43.0 Å². The van der Waals surface area contributed by atoms with E-state index in [1.807, 2.05) is 11.5 Å². The van der Waals surface area contributed by atoms with Gasteiger partial charge in [0.05, 0.1) is 18.6 Å². The number of ether oxygens (including phenoxy) is 1. The normalized spacial score (nSPS) is 22.7. The molecule has 7 nitrogen and oxygen atoms in total. The van der Waals surface area contributed by atoms with Gasteiger partial charge in [-0.05, 0) is 24.8 Å². The van der Waals surface area contributed by atoms with Crippen LogP contribution in [0.1, 0.15) is 29.8 Å². The van der Waals surface area contributed by atoms with Crippen molar-refractivity contribution < 1.29 is 4.74 Å². The number of aromatic nitrogens is 2. The molecule has 2 aromatic heterocycles. The lowest BCUT2D eigenvalue weighted by molar-refractivity contribution is -0.0394. The second-order valence-corrected chi connectivity index (χ2v) is 8.63. The topological polar surface area (TPSA) is 91.3 Å². The first-order valence-electron chi connectivity index (χ1n) is 9.28. The minimum atomic E-state index is -0.161. The minimum Gasteiger partial charge on any atom is -0.381 e. The molecular weight excluding hydrogens is 352 g/mol. The van der Waals surface area contributed by atoms with E-state index in [9.17, 15) is 9.59 Å². The average Bonchev–Trinajstić information content (AvgIpc) is 3.17. The molecule has 3 heterocycles. The first-order chi connectivity index (χ1) is 12.5. The van der Waals surface area contributed by atoms with Gasteiger partial charge in [0.15, 0.2) is 0 Å². The second-order valence-electron chi connectivity index (χ2n) is 7.55. The molecule has 2 aliphatic rings. The number of aryl methyl sites for hydroxylation is 1. The Morgan fingerprint density at radius 2 is 2.08 bits per heavy atom. The summed E-state index contributed by atoms with van der Waals surface area (Å²) in [4.78, 5) is 28.2. The highest BCUT2D eigenvalue weighted by molar-refractivity contribution is 7.18. The summed E-state index contributed by atoms with van der Waals surface area (Å²) in [5.74, 6) is 0.739. The van der Waals surface area contributed by atoms with Gasteiger partial charge < -0.3 is 15.8 Å². The number of thiophene rings is 1. The summed E-state index contributed by atoms with van der Waals surface area (Å²) in [6, 6.07) is 0.0430.